The van der Waals surface area contributed by atoms with Gasteiger partial charge in [0.25, 0.3) is 5.91 Å². The van der Waals surface area contributed by atoms with E-state index in [9.17, 15) is 4.79 Å². The highest BCUT2D eigenvalue weighted by atomic mass is 16.5. The molecule has 0 radical (unpaired) electrons. The molecule has 3 heterocycles. The number of amides is 1. The maximum Gasteiger partial charge on any atom is 0.256 e. The van der Waals surface area contributed by atoms with Crippen LogP contribution in [0.3, 0.4) is 0 Å². The van der Waals surface area contributed by atoms with Gasteiger partial charge in [-0.15, -0.1) is 0 Å². The number of carbonyl (C=O) groups excluding carboxylic acids is 1. The summed E-state index contributed by atoms with van der Waals surface area (Å²) in [6, 6.07) is 9.87. The van der Waals surface area contributed by atoms with Gasteiger partial charge < -0.3 is 19.7 Å². The number of benzene rings is 1. The van der Waals surface area contributed by atoms with E-state index >= 15 is 0 Å². The molecule has 1 N–H and O–H groups in total. The summed E-state index contributed by atoms with van der Waals surface area (Å²) in [4.78, 5) is 26.8. The van der Waals surface area contributed by atoms with Crippen LogP contribution in [0, 0.1) is 35.2 Å². The quantitative estimate of drug-likeness (QED) is 0.342. The van der Waals surface area contributed by atoms with E-state index in [1.54, 1.807) is 12.1 Å². The topological polar surface area (TPSA) is 71.3 Å². The van der Waals surface area contributed by atoms with Gasteiger partial charge in [-0.1, -0.05) is 33.6 Å². The normalized spacial score (nSPS) is 27.4. The lowest BCUT2D eigenvalue weighted by Crippen LogP contribution is -2.74. The van der Waals surface area contributed by atoms with Crippen LogP contribution in [0.2, 0.25) is 0 Å². The first-order chi connectivity index (χ1) is 21.1. The van der Waals surface area contributed by atoms with Crippen molar-refractivity contribution in [2.24, 2.45) is 16.7 Å². The van der Waals surface area contributed by atoms with Crippen molar-refractivity contribution in [1.82, 2.24) is 20.1 Å². The van der Waals surface area contributed by atoms with Crippen molar-refractivity contribution in [3.05, 3.63) is 58.7 Å². The molecule has 4 aliphatic rings. The second-order valence-electron chi connectivity index (χ2n) is 13.9. The first-order valence-electron chi connectivity index (χ1n) is 16.2. The van der Waals surface area contributed by atoms with E-state index in [0.717, 1.165) is 50.4 Å². The van der Waals surface area contributed by atoms with Crippen molar-refractivity contribution in [3.8, 4) is 23.3 Å². The van der Waals surface area contributed by atoms with E-state index in [-0.39, 0.29) is 28.9 Å². The minimum absolute atomic E-state index is 0.0305. The molecule has 6 rings (SSSR count). The summed E-state index contributed by atoms with van der Waals surface area (Å²) in [6.07, 6.45) is 4.59. The summed E-state index contributed by atoms with van der Waals surface area (Å²) in [5, 5.41) is 3.45. The number of pyridine rings is 1. The molecule has 1 aromatic carbocycles. The summed E-state index contributed by atoms with van der Waals surface area (Å²) in [5.41, 5.74) is 2.11. The Kier molecular flexibility index (Phi) is 8.35. The highest BCUT2D eigenvalue weighted by Crippen LogP contribution is 2.59. The van der Waals surface area contributed by atoms with Crippen molar-refractivity contribution in [1.29, 1.82) is 0 Å². The number of aromatic nitrogens is 1. The molecule has 44 heavy (non-hydrogen) atoms. The lowest BCUT2D eigenvalue weighted by atomic mass is 9.49. The Morgan fingerprint density at radius 1 is 1.07 bits per heavy atom. The van der Waals surface area contributed by atoms with E-state index in [0.29, 0.717) is 47.9 Å². The second kappa shape index (κ2) is 12.1. The molecule has 0 atom stereocenters. The van der Waals surface area contributed by atoms with Crippen molar-refractivity contribution < 1.29 is 14.3 Å². The van der Waals surface area contributed by atoms with Gasteiger partial charge in [-0.3, -0.25) is 9.69 Å². The van der Waals surface area contributed by atoms with E-state index in [4.69, 9.17) is 21.0 Å². The zero-order valence-corrected chi connectivity index (χ0v) is 26.8. The molecule has 0 bridgehead atoms. The fourth-order valence-corrected chi connectivity index (χ4v) is 8.57. The van der Waals surface area contributed by atoms with Gasteiger partial charge in [-0.2, -0.15) is 0 Å². The molecule has 2 aliphatic carbocycles. The second-order valence-corrected chi connectivity index (χ2v) is 13.9. The fourth-order valence-electron chi connectivity index (χ4n) is 8.57. The van der Waals surface area contributed by atoms with Gasteiger partial charge in [-0.25, -0.2) is 9.83 Å². The number of ether oxygens (including phenoxy) is 2. The maximum absolute atomic E-state index is 13.7. The fraction of sp³-hybridized carbons (Fsp3) is 0.583. The lowest BCUT2D eigenvalue weighted by Gasteiger charge is -2.65. The van der Waals surface area contributed by atoms with Crippen LogP contribution in [0.1, 0.15) is 82.0 Å². The highest BCUT2D eigenvalue weighted by molar-refractivity contribution is 5.98. The van der Waals surface area contributed by atoms with Gasteiger partial charge >= 0.3 is 0 Å². The van der Waals surface area contributed by atoms with Crippen molar-refractivity contribution in [2.75, 3.05) is 32.8 Å². The number of hydrogen-bond acceptors (Lipinski definition) is 6. The van der Waals surface area contributed by atoms with Gasteiger partial charge in [0, 0.05) is 61.1 Å². The van der Waals surface area contributed by atoms with Crippen LogP contribution in [0.15, 0.2) is 30.3 Å². The van der Waals surface area contributed by atoms with E-state index in [1.165, 1.54) is 12.8 Å². The van der Waals surface area contributed by atoms with Crippen LogP contribution in [0.4, 0.5) is 5.69 Å². The van der Waals surface area contributed by atoms with Crippen molar-refractivity contribution in [3.63, 3.8) is 0 Å². The van der Waals surface area contributed by atoms with Crippen LogP contribution >= 0.6 is 0 Å². The molecular weight excluding hydrogens is 550 g/mol. The molecule has 0 unspecified atom stereocenters. The molecule has 232 valence electrons. The summed E-state index contributed by atoms with van der Waals surface area (Å²) < 4.78 is 12.2. The number of nitrogens with zero attached hydrogens (tertiary/aromatic N) is 4. The van der Waals surface area contributed by atoms with Crippen molar-refractivity contribution in [2.45, 2.75) is 85.0 Å². The van der Waals surface area contributed by atoms with Crippen LogP contribution in [0.25, 0.3) is 4.85 Å². The number of piperazine rings is 1. The van der Waals surface area contributed by atoms with Gasteiger partial charge in [0.05, 0.1) is 31.0 Å². The largest absolute Gasteiger partial charge is 0.505 e. The Balaban J connectivity index is 1.11. The Bertz CT molecular complexity index is 1490. The maximum atomic E-state index is 13.7. The molecule has 1 aromatic heterocycles. The summed E-state index contributed by atoms with van der Waals surface area (Å²) in [6.45, 7) is 23.5. The van der Waals surface area contributed by atoms with Gasteiger partial charge in [0.15, 0.2) is 0 Å². The average molecular weight is 596 g/mol. The van der Waals surface area contributed by atoms with E-state index < -0.39 is 0 Å². The van der Waals surface area contributed by atoms with Crippen LogP contribution in [-0.4, -0.2) is 71.7 Å². The number of nitrogens with one attached hydrogen (secondary N) is 1. The molecule has 8 nitrogen and oxygen atoms in total. The number of carbonyl (C=O) groups is 1. The number of hydrogen-bond donors (Lipinski definition) is 1. The summed E-state index contributed by atoms with van der Waals surface area (Å²) in [5.74, 6) is 8.51. The molecule has 8 heteroatoms. The minimum Gasteiger partial charge on any atom is -0.505 e. The molecule has 2 aliphatic heterocycles. The third-order valence-corrected chi connectivity index (χ3v) is 10.2. The van der Waals surface area contributed by atoms with Gasteiger partial charge in [0.2, 0.25) is 5.69 Å². The molecule has 3 fully saturated rings. The number of rotatable bonds is 6. The Morgan fingerprint density at radius 3 is 2.48 bits per heavy atom. The molecule has 1 saturated heterocycles. The third kappa shape index (κ3) is 5.55. The predicted octanol–water partition coefficient (Wildman–Crippen LogP) is 5.68. The van der Waals surface area contributed by atoms with E-state index in [1.807, 2.05) is 30.0 Å². The summed E-state index contributed by atoms with van der Waals surface area (Å²) >= 11 is 0. The number of fused-ring (bicyclic) bond motifs is 1. The SMILES string of the molecule is [C-]#[N+]c1ccc(OC2C(C)(C)C(N3Cc4nc(C#CC5CCC(N6CCNCC6)CC5)ccc4C3=O)C2(C)C)cc1OCC. The van der Waals surface area contributed by atoms with E-state index in [2.05, 4.69) is 54.6 Å². The standard InChI is InChI=1S/C36H45N5O3/c1-7-43-31-22-27(15-17-29(31)37-6)44-34-35(2,3)33(36(34,4)5)41-23-30-28(32(41)42)16-12-25(39-30)11-8-24-9-13-26(14-10-24)40-20-18-38-19-21-40/h12,15-17,22,24,26,33-34,38H,7,9-10,13-14,18-21,23H2,1-5H3. The lowest BCUT2D eigenvalue weighted by molar-refractivity contribution is -0.199. The van der Waals surface area contributed by atoms with Gasteiger partial charge in [0.1, 0.15) is 23.3 Å². The Morgan fingerprint density at radius 2 is 1.80 bits per heavy atom. The first-order valence-corrected chi connectivity index (χ1v) is 16.2. The molecular formula is C36H45N5O3. The zero-order valence-electron chi connectivity index (χ0n) is 26.8. The van der Waals surface area contributed by atoms with Crippen molar-refractivity contribution >= 4 is 11.6 Å². The molecule has 0 spiro atoms. The van der Waals surface area contributed by atoms with Crippen LogP contribution in [0.5, 0.6) is 11.5 Å². The monoisotopic (exact) mass is 595 g/mol. The molecule has 2 aromatic rings. The Labute approximate surface area is 262 Å². The Hall–Kier alpha value is -3.59. The molecule has 2 saturated carbocycles. The average Bonchev–Trinajstić information content (AvgIpc) is 3.33. The minimum atomic E-state index is -0.308. The predicted molar refractivity (Wildman–Crippen MR) is 171 cm³/mol. The third-order valence-electron chi connectivity index (χ3n) is 10.2. The highest BCUT2D eigenvalue weighted by Gasteiger charge is 2.67. The first kappa shape index (κ1) is 30.4. The summed E-state index contributed by atoms with van der Waals surface area (Å²) in [7, 11) is 0. The van der Waals surface area contributed by atoms with Crippen LogP contribution < -0.4 is 14.8 Å². The van der Waals surface area contributed by atoms with Crippen LogP contribution in [-0.2, 0) is 6.54 Å². The van der Waals surface area contributed by atoms with Gasteiger partial charge in [-0.05, 0) is 62.8 Å². The zero-order chi connectivity index (χ0) is 31.1. The smallest absolute Gasteiger partial charge is 0.256 e. The molecule has 1 amide bonds.